The molecule has 0 amide bonds. The Labute approximate surface area is 241 Å². The van der Waals surface area contributed by atoms with Crippen molar-refractivity contribution in [1.82, 2.24) is 0 Å². The second-order valence-electron chi connectivity index (χ2n) is 8.26. The van der Waals surface area contributed by atoms with Crippen LogP contribution in [0.5, 0.6) is 0 Å². The van der Waals surface area contributed by atoms with Crippen molar-refractivity contribution in [1.29, 1.82) is 0 Å². The van der Waals surface area contributed by atoms with Gasteiger partial charge in [0, 0.05) is 25.7 Å². The summed E-state index contributed by atoms with van der Waals surface area (Å²) in [5, 5.41) is 31.8. The summed E-state index contributed by atoms with van der Waals surface area (Å²) < 4.78 is 22.1. The molecule has 12 nitrogen and oxygen atoms in total. The highest BCUT2D eigenvalue weighted by molar-refractivity contribution is 6.64. The molecule has 0 saturated carbocycles. The molecule has 0 aromatic rings. The molecule has 0 atom stereocenters. The van der Waals surface area contributed by atoms with Crippen LogP contribution < -0.4 is 0 Å². The molecule has 0 bridgehead atoms. The van der Waals surface area contributed by atoms with E-state index in [0.29, 0.717) is 0 Å². The Kier molecular flexibility index (Phi) is 25.4. The quantitative estimate of drug-likeness (QED) is 0.0858. The van der Waals surface area contributed by atoms with Crippen molar-refractivity contribution in [3.05, 3.63) is 0 Å². The fourth-order valence-electron chi connectivity index (χ4n) is 2.31. The van der Waals surface area contributed by atoms with Crippen molar-refractivity contribution in [3.63, 3.8) is 0 Å². The molecule has 0 heterocycles. The van der Waals surface area contributed by atoms with Gasteiger partial charge in [0.2, 0.25) is 21.0 Å². The Balaban J connectivity index is 0. The zero-order chi connectivity index (χ0) is 29.5. The molecule has 4 N–H and O–H groups in total. The molecule has 224 valence electrons. The van der Waals surface area contributed by atoms with Gasteiger partial charge in [0.15, 0.2) is 0 Å². The van der Waals surface area contributed by atoms with Crippen molar-refractivity contribution in [3.8, 4) is 0 Å². The van der Waals surface area contributed by atoms with Crippen LogP contribution in [-0.2, 0) is 38.1 Å². The van der Waals surface area contributed by atoms with Crippen LogP contribution in [0.25, 0.3) is 0 Å². The molecule has 0 spiro atoms. The third-order valence-corrected chi connectivity index (χ3v) is 5.50. The second-order valence-corrected chi connectivity index (χ2v) is 9.95. The molecule has 0 fully saturated rings. The molecule has 16 heteroatoms. The normalized spacial score (nSPS) is 11.6. The van der Waals surface area contributed by atoms with Gasteiger partial charge in [-0.15, -0.1) is 0 Å². The van der Waals surface area contributed by atoms with Gasteiger partial charge in [-0.2, -0.15) is 0 Å². The Hall–Kier alpha value is -0.480. The van der Waals surface area contributed by atoms with E-state index in [2.05, 4.69) is 0 Å². The minimum absolute atomic E-state index is 0.0163. The largest absolute Gasteiger partial charge is 0.396 e. The van der Waals surface area contributed by atoms with Crippen molar-refractivity contribution < 1.29 is 58.6 Å². The molecular weight excluding hydrogens is 598 g/mol. The fourth-order valence-corrected chi connectivity index (χ4v) is 2.62. The van der Waals surface area contributed by atoms with Crippen LogP contribution in [0.2, 0.25) is 0 Å². The predicted molar refractivity (Wildman–Crippen MR) is 138 cm³/mol. The minimum atomic E-state index is -1.11. The Bertz CT molecular complexity index is 566. The number of aliphatic hydroxyl groups excluding tert-OH is 4. The van der Waals surface area contributed by atoms with Crippen molar-refractivity contribution >= 4 is 67.4 Å². The van der Waals surface area contributed by atoms with Gasteiger partial charge in [-0.05, 0) is 46.4 Å². The molecule has 0 rings (SSSR count). The van der Waals surface area contributed by atoms with E-state index in [1.54, 1.807) is 0 Å². The van der Waals surface area contributed by atoms with Crippen LogP contribution in [0.4, 0.5) is 0 Å². The number of aliphatic hydroxyl groups is 4. The number of carbonyl (C=O) groups excluding carboxylic acids is 4. The van der Waals surface area contributed by atoms with Gasteiger partial charge in [0.1, 0.15) is 0 Å². The second kappa shape index (κ2) is 24.3. The lowest BCUT2D eigenvalue weighted by Crippen LogP contribution is -2.42. The van der Waals surface area contributed by atoms with Crippen molar-refractivity contribution in [2.75, 3.05) is 79.3 Å². The van der Waals surface area contributed by atoms with E-state index in [0.717, 1.165) is 0 Å². The first-order valence-electron chi connectivity index (χ1n) is 11.4. The molecule has 0 aliphatic heterocycles. The Morgan fingerprint density at radius 1 is 0.447 bits per heavy atom. The van der Waals surface area contributed by atoms with Gasteiger partial charge in [-0.3, -0.25) is 19.2 Å². The summed E-state index contributed by atoms with van der Waals surface area (Å²) in [4.78, 5) is 43.5. The van der Waals surface area contributed by atoms with E-state index in [4.69, 9.17) is 85.8 Å². The molecule has 0 unspecified atom stereocenters. The average molecular weight is 634 g/mol. The van der Waals surface area contributed by atoms with Gasteiger partial charge in [-0.1, -0.05) is 0 Å². The number of ether oxygens (including phenoxy) is 4. The summed E-state index contributed by atoms with van der Waals surface area (Å²) >= 11 is 21.2. The first-order chi connectivity index (χ1) is 17.9. The van der Waals surface area contributed by atoms with Crippen LogP contribution in [0, 0.1) is 10.8 Å². The van der Waals surface area contributed by atoms with Gasteiger partial charge in [0.05, 0.1) is 90.1 Å². The average Bonchev–Trinajstić information content (AvgIpc) is 2.86. The first-order valence-corrected chi connectivity index (χ1v) is 12.9. The molecule has 0 radical (unpaired) electrons. The van der Waals surface area contributed by atoms with Gasteiger partial charge >= 0.3 is 0 Å². The Morgan fingerprint density at radius 2 is 0.658 bits per heavy atom. The van der Waals surface area contributed by atoms with E-state index in [1.165, 1.54) is 0 Å². The summed E-state index contributed by atoms with van der Waals surface area (Å²) in [6, 6.07) is 0. The predicted octanol–water partition coefficient (Wildman–Crippen LogP) is 0.603. The zero-order valence-electron chi connectivity index (χ0n) is 20.9. The summed E-state index contributed by atoms with van der Waals surface area (Å²) in [7, 11) is 0. The third-order valence-electron chi connectivity index (χ3n) is 4.75. The summed E-state index contributed by atoms with van der Waals surface area (Å²) in [5.41, 5.74) is -1.96. The highest BCUT2D eigenvalue weighted by Crippen LogP contribution is 2.22. The number of rotatable bonds is 24. The molecular formula is C22H36Cl4O12. The number of carbonyl (C=O) groups is 4. The maximum absolute atomic E-state index is 10.9. The molecule has 0 saturated heterocycles. The van der Waals surface area contributed by atoms with Gasteiger partial charge in [0.25, 0.3) is 0 Å². The SMILES string of the molecule is O=C(Cl)CCOCC(COCCC(=O)Cl)(COCCC(=O)Cl)COCCC(=O)Cl.OCC(CO)(CO)CO. The number of hydrogen-bond donors (Lipinski definition) is 4. The van der Waals surface area contributed by atoms with E-state index < -0.39 is 58.2 Å². The molecule has 0 aromatic heterocycles. The van der Waals surface area contributed by atoms with Gasteiger partial charge in [-0.25, -0.2) is 0 Å². The Morgan fingerprint density at radius 3 is 0.789 bits per heavy atom. The third kappa shape index (κ3) is 22.3. The minimum Gasteiger partial charge on any atom is -0.396 e. The number of halogens is 4. The maximum Gasteiger partial charge on any atom is 0.223 e. The lowest BCUT2D eigenvalue weighted by Gasteiger charge is -2.33. The fraction of sp³-hybridized carbons (Fsp3) is 0.818. The lowest BCUT2D eigenvalue weighted by atomic mass is 9.92. The standard InChI is InChI=1S/C17H24Cl4O8.C5H12O4/c18-13(22)1-5-26-9-17(10-27-6-2-14(19)23,11-28-7-3-15(20)24)12-29-8-4-16(21)25;6-1-5(2-7,3-8)4-9/h1-12H2;6-9H,1-4H2. The van der Waals surface area contributed by atoms with Crippen molar-refractivity contribution in [2.45, 2.75) is 25.7 Å². The van der Waals surface area contributed by atoms with Crippen LogP contribution in [0.15, 0.2) is 0 Å². The van der Waals surface area contributed by atoms with Crippen LogP contribution >= 0.6 is 46.4 Å². The highest BCUT2D eigenvalue weighted by Gasteiger charge is 2.33. The van der Waals surface area contributed by atoms with E-state index in [9.17, 15) is 19.2 Å². The van der Waals surface area contributed by atoms with E-state index >= 15 is 0 Å². The number of hydrogen-bond acceptors (Lipinski definition) is 12. The summed E-state index contributed by atoms with van der Waals surface area (Å²) in [5.74, 6) is 0. The monoisotopic (exact) mass is 632 g/mol. The van der Waals surface area contributed by atoms with Crippen LogP contribution in [-0.4, -0.2) is 121 Å². The molecule has 38 heavy (non-hydrogen) atoms. The van der Waals surface area contributed by atoms with E-state index in [-0.39, 0.29) is 78.5 Å². The van der Waals surface area contributed by atoms with Crippen LogP contribution in [0.3, 0.4) is 0 Å². The first kappa shape index (κ1) is 39.7. The molecule has 0 aromatic carbocycles. The smallest absolute Gasteiger partial charge is 0.223 e. The molecule has 0 aliphatic rings. The topological polar surface area (TPSA) is 186 Å². The lowest BCUT2D eigenvalue weighted by molar-refractivity contribution is -0.121. The zero-order valence-corrected chi connectivity index (χ0v) is 23.9. The maximum atomic E-state index is 10.9. The van der Waals surface area contributed by atoms with Crippen molar-refractivity contribution in [2.24, 2.45) is 10.8 Å². The summed E-state index contributed by atoms with van der Waals surface area (Å²) in [6.45, 7) is -1.07. The highest BCUT2D eigenvalue weighted by atomic mass is 35.5. The van der Waals surface area contributed by atoms with Gasteiger partial charge < -0.3 is 39.4 Å². The van der Waals surface area contributed by atoms with Crippen LogP contribution in [0.1, 0.15) is 25.7 Å². The van der Waals surface area contributed by atoms with E-state index in [1.807, 2.05) is 0 Å². The molecule has 0 aliphatic carbocycles. The summed E-state index contributed by atoms with van der Waals surface area (Å²) in [6.07, 6.45) is 0.0653.